The van der Waals surface area contributed by atoms with Gasteiger partial charge in [-0.1, -0.05) is 13.8 Å². The molecule has 1 aliphatic heterocycles. The van der Waals surface area contributed by atoms with Crippen LogP contribution in [-0.4, -0.2) is 21.3 Å². The topological polar surface area (TPSA) is 64.1 Å². The van der Waals surface area contributed by atoms with Gasteiger partial charge in [-0.05, 0) is 13.3 Å². The summed E-state index contributed by atoms with van der Waals surface area (Å²) in [4.78, 5) is 24.8. The minimum atomic E-state index is -1.65. The first-order valence-electron chi connectivity index (χ1n) is 6.03. The Morgan fingerprint density at radius 1 is 1.56 bits per heavy atom. The maximum absolute atomic E-state index is 14.7. The highest BCUT2D eigenvalue weighted by molar-refractivity contribution is 4.98. The van der Waals surface area contributed by atoms with Crippen LogP contribution in [-0.2, 0) is 4.74 Å². The van der Waals surface area contributed by atoms with Crippen molar-refractivity contribution in [3.8, 4) is 0 Å². The molecule has 0 amide bonds. The van der Waals surface area contributed by atoms with Crippen molar-refractivity contribution in [2.75, 3.05) is 0 Å². The zero-order chi connectivity index (χ0) is 13.5. The monoisotopic (exact) mass is 256 g/mol. The third-order valence-corrected chi connectivity index (χ3v) is 3.74. The Labute approximate surface area is 104 Å². The minimum absolute atomic E-state index is 0.233. The van der Waals surface area contributed by atoms with Crippen molar-refractivity contribution >= 4 is 0 Å². The Morgan fingerprint density at radius 3 is 2.72 bits per heavy atom. The van der Waals surface area contributed by atoms with E-state index < -0.39 is 23.1 Å². The lowest BCUT2D eigenvalue weighted by molar-refractivity contribution is -0.0502. The summed E-state index contributed by atoms with van der Waals surface area (Å²) in [7, 11) is 0. The van der Waals surface area contributed by atoms with Crippen LogP contribution in [0, 0.1) is 5.92 Å². The second-order valence-corrected chi connectivity index (χ2v) is 4.89. The van der Waals surface area contributed by atoms with E-state index in [4.69, 9.17) is 4.74 Å². The van der Waals surface area contributed by atoms with Gasteiger partial charge in [0.2, 0.25) is 0 Å². The van der Waals surface area contributed by atoms with Gasteiger partial charge in [0, 0.05) is 18.2 Å². The summed E-state index contributed by atoms with van der Waals surface area (Å²) in [6, 6.07) is 1.19. The number of H-pyrrole nitrogens is 1. The zero-order valence-electron chi connectivity index (χ0n) is 10.6. The van der Waals surface area contributed by atoms with Gasteiger partial charge in [-0.15, -0.1) is 0 Å². The molecular formula is C12H17FN2O3. The number of nitrogens with one attached hydrogen (secondary N) is 1. The summed E-state index contributed by atoms with van der Waals surface area (Å²) < 4.78 is 21.4. The molecule has 1 aromatic heterocycles. The van der Waals surface area contributed by atoms with Crippen LogP contribution in [0.2, 0.25) is 0 Å². The fourth-order valence-electron chi connectivity index (χ4n) is 2.40. The first-order chi connectivity index (χ1) is 8.37. The average Bonchev–Trinajstić information content (AvgIpc) is 2.52. The maximum atomic E-state index is 14.7. The second-order valence-electron chi connectivity index (χ2n) is 4.89. The molecule has 1 fully saturated rings. The zero-order valence-corrected chi connectivity index (χ0v) is 10.6. The van der Waals surface area contributed by atoms with Gasteiger partial charge in [0.1, 0.15) is 0 Å². The first-order valence-corrected chi connectivity index (χ1v) is 6.03. The summed E-state index contributed by atoms with van der Waals surface area (Å²) in [6.45, 7) is 5.11. The van der Waals surface area contributed by atoms with Gasteiger partial charge in [-0.3, -0.25) is 14.3 Å². The van der Waals surface area contributed by atoms with Crippen molar-refractivity contribution in [1.29, 1.82) is 0 Å². The molecule has 0 spiro atoms. The van der Waals surface area contributed by atoms with Gasteiger partial charge in [0.15, 0.2) is 11.9 Å². The molecule has 0 aromatic carbocycles. The number of nitrogens with zero attached hydrogens (tertiary/aromatic N) is 1. The summed E-state index contributed by atoms with van der Waals surface area (Å²) >= 11 is 0. The van der Waals surface area contributed by atoms with Crippen LogP contribution in [0.5, 0.6) is 0 Å². The molecule has 0 unspecified atom stereocenters. The average molecular weight is 256 g/mol. The molecule has 2 rings (SSSR count). The van der Waals surface area contributed by atoms with Gasteiger partial charge >= 0.3 is 5.69 Å². The molecule has 0 aliphatic carbocycles. The largest absolute Gasteiger partial charge is 0.351 e. The molecule has 6 heteroatoms. The molecule has 1 aromatic rings. The number of hydrogen-bond acceptors (Lipinski definition) is 3. The SMILES string of the molecule is CC[C@H]1O[C@@H](n2ccc(=O)[nH]c2=O)[C@](C)(F)[C@@H]1C. The molecule has 0 bridgehead atoms. The van der Waals surface area contributed by atoms with Crippen LogP contribution >= 0.6 is 0 Å². The fourth-order valence-corrected chi connectivity index (χ4v) is 2.40. The van der Waals surface area contributed by atoms with Crippen molar-refractivity contribution < 1.29 is 9.13 Å². The number of hydrogen-bond donors (Lipinski definition) is 1. The minimum Gasteiger partial charge on any atom is -0.351 e. The Morgan fingerprint density at radius 2 is 2.22 bits per heavy atom. The standard InChI is InChI=1S/C12H17FN2O3/c1-4-8-7(2)12(3,13)10(18-8)15-6-5-9(16)14-11(15)17/h5-8,10H,4H2,1-3H3,(H,14,16,17)/t7-,8-,10-,12-/m1/s1. The van der Waals surface area contributed by atoms with Crippen molar-refractivity contribution in [3.63, 3.8) is 0 Å². The quantitative estimate of drug-likeness (QED) is 0.865. The molecule has 1 aliphatic rings. The Bertz CT molecular complexity index is 549. The van der Waals surface area contributed by atoms with Crippen molar-refractivity contribution in [3.05, 3.63) is 33.1 Å². The Balaban J connectivity index is 2.45. The van der Waals surface area contributed by atoms with Crippen LogP contribution < -0.4 is 11.2 Å². The smallest absolute Gasteiger partial charge is 0.330 e. The molecule has 100 valence electrons. The summed E-state index contributed by atoms with van der Waals surface area (Å²) in [6.07, 6.45) is 0.717. The lowest BCUT2D eigenvalue weighted by atomic mass is 9.88. The Kier molecular flexibility index (Phi) is 3.14. The van der Waals surface area contributed by atoms with E-state index >= 15 is 0 Å². The number of halogens is 1. The first kappa shape index (κ1) is 13.0. The molecular weight excluding hydrogens is 239 g/mol. The number of aromatic amines is 1. The molecule has 18 heavy (non-hydrogen) atoms. The van der Waals surface area contributed by atoms with Gasteiger partial charge in [0.05, 0.1) is 6.10 Å². The fraction of sp³-hybridized carbons (Fsp3) is 0.667. The summed E-state index contributed by atoms with van der Waals surface area (Å²) in [5, 5.41) is 0. The highest BCUT2D eigenvalue weighted by Crippen LogP contribution is 2.45. The van der Waals surface area contributed by atoms with Gasteiger partial charge in [-0.2, -0.15) is 0 Å². The molecule has 1 saturated heterocycles. The van der Waals surface area contributed by atoms with Crippen LogP contribution in [0.1, 0.15) is 33.4 Å². The van der Waals surface area contributed by atoms with E-state index in [1.165, 1.54) is 19.2 Å². The third-order valence-electron chi connectivity index (χ3n) is 3.74. The van der Waals surface area contributed by atoms with Gasteiger partial charge in [-0.25, -0.2) is 9.18 Å². The second kappa shape index (κ2) is 4.35. The summed E-state index contributed by atoms with van der Waals surface area (Å²) in [5.74, 6) is -0.314. The summed E-state index contributed by atoms with van der Waals surface area (Å²) in [5.41, 5.74) is -2.81. The van der Waals surface area contributed by atoms with E-state index in [9.17, 15) is 14.0 Å². The number of alkyl halides is 1. The van der Waals surface area contributed by atoms with Crippen molar-refractivity contribution in [1.82, 2.24) is 9.55 Å². The predicted octanol–water partition coefficient (Wildman–Crippen LogP) is 1.21. The van der Waals surface area contributed by atoms with Crippen LogP contribution in [0.3, 0.4) is 0 Å². The van der Waals surface area contributed by atoms with E-state index in [0.29, 0.717) is 6.42 Å². The van der Waals surface area contributed by atoms with E-state index in [0.717, 1.165) is 4.57 Å². The Hall–Kier alpha value is -1.43. The van der Waals surface area contributed by atoms with Gasteiger partial charge in [0.25, 0.3) is 5.56 Å². The highest BCUT2D eigenvalue weighted by Gasteiger charge is 2.52. The van der Waals surface area contributed by atoms with Crippen molar-refractivity contribution in [2.45, 2.75) is 45.2 Å². The van der Waals surface area contributed by atoms with Crippen LogP contribution in [0.25, 0.3) is 0 Å². The lowest BCUT2D eigenvalue weighted by Crippen LogP contribution is -2.40. The van der Waals surface area contributed by atoms with E-state index in [1.807, 2.05) is 6.92 Å². The molecule has 4 atom stereocenters. The highest BCUT2D eigenvalue weighted by atomic mass is 19.1. The number of rotatable bonds is 2. The number of ether oxygens (including phenoxy) is 1. The third kappa shape index (κ3) is 1.90. The molecule has 2 heterocycles. The lowest BCUT2D eigenvalue weighted by Gasteiger charge is -2.25. The van der Waals surface area contributed by atoms with Crippen LogP contribution in [0.15, 0.2) is 21.9 Å². The molecule has 0 saturated carbocycles. The maximum Gasteiger partial charge on any atom is 0.330 e. The predicted molar refractivity (Wildman–Crippen MR) is 64.2 cm³/mol. The van der Waals surface area contributed by atoms with Gasteiger partial charge < -0.3 is 4.74 Å². The normalized spacial score (nSPS) is 35.9. The van der Waals surface area contributed by atoms with E-state index in [-0.39, 0.29) is 12.0 Å². The number of aromatic nitrogens is 2. The molecule has 5 nitrogen and oxygen atoms in total. The van der Waals surface area contributed by atoms with Crippen molar-refractivity contribution in [2.24, 2.45) is 5.92 Å². The van der Waals surface area contributed by atoms with Crippen LogP contribution in [0.4, 0.5) is 4.39 Å². The molecule has 1 N–H and O–H groups in total. The molecule has 0 radical (unpaired) electrons. The van der Waals surface area contributed by atoms with E-state index in [1.54, 1.807) is 6.92 Å². The van der Waals surface area contributed by atoms with E-state index in [2.05, 4.69) is 4.98 Å².